The molecule has 3 heterocycles. The molecular weight excluding hydrogens is 445 g/mol. The van der Waals surface area contributed by atoms with Gasteiger partial charge in [-0.3, -0.25) is 0 Å². The number of nitrogens with zero attached hydrogens (tertiary/aromatic N) is 3. The van der Waals surface area contributed by atoms with E-state index in [9.17, 15) is 0 Å². The zero-order chi connectivity index (χ0) is 21.9. The molecule has 7 heteroatoms. The highest BCUT2D eigenvalue weighted by Gasteiger charge is 2.14. The summed E-state index contributed by atoms with van der Waals surface area (Å²) >= 11 is 13.3. The molecule has 162 valence electrons. The summed E-state index contributed by atoms with van der Waals surface area (Å²) in [5, 5.41) is 2.81. The Balaban J connectivity index is 1.39. The van der Waals surface area contributed by atoms with Crippen molar-refractivity contribution in [3.63, 3.8) is 0 Å². The Kier molecular flexibility index (Phi) is 5.93. The van der Waals surface area contributed by atoms with Crippen molar-refractivity contribution < 1.29 is 9.47 Å². The lowest BCUT2D eigenvalue weighted by molar-refractivity contribution is 0.299. The van der Waals surface area contributed by atoms with Crippen LogP contribution in [0.4, 0.5) is 0 Å². The third kappa shape index (κ3) is 4.27. The van der Waals surface area contributed by atoms with Gasteiger partial charge in [0.2, 0.25) is 0 Å². The maximum atomic E-state index is 6.66. The summed E-state index contributed by atoms with van der Waals surface area (Å²) < 4.78 is 15.9. The molecule has 0 spiro atoms. The molecule has 2 aromatic carbocycles. The zero-order valence-corrected chi connectivity index (χ0v) is 18.8. The SMILES string of the molecule is Clc1c(OCCn2cccc2)ccc2cc3ccc(OCCn4cccc4)c(Cl)c3nc12. The normalized spacial score (nSPS) is 11.3. The molecule has 0 unspecified atom stereocenters. The van der Waals surface area contributed by atoms with Crippen LogP contribution in [0.25, 0.3) is 21.8 Å². The number of hydrogen-bond acceptors (Lipinski definition) is 3. The molecule has 0 fully saturated rings. The van der Waals surface area contributed by atoms with Crippen LogP contribution in [-0.2, 0) is 13.1 Å². The van der Waals surface area contributed by atoms with E-state index in [-0.39, 0.29) is 0 Å². The van der Waals surface area contributed by atoms with Crippen LogP contribution in [0.5, 0.6) is 11.5 Å². The van der Waals surface area contributed by atoms with Crippen LogP contribution in [0.15, 0.2) is 79.4 Å². The average Bonchev–Trinajstić information content (AvgIpc) is 3.51. The number of aromatic nitrogens is 3. The van der Waals surface area contributed by atoms with E-state index in [1.807, 2.05) is 79.4 Å². The van der Waals surface area contributed by atoms with Crippen molar-refractivity contribution in [3.05, 3.63) is 89.4 Å². The quantitative estimate of drug-likeness (QED) is 0.247. The van der Waals surface area contributed by atoms with Gasteiger partial charge in [-0.15, -0.1) is 0 Å². The summed E-state index contributed by atoms with van der Waals surface area (Å²) in [7, 11) is 0. The first-order valence-electron chi connectivity index (χ1n) is 10.4. The van der Waals surface area contributed by atoms with E-state index in [1.165, 1.54) is 0 Å². The molecule has 0 radical (unpaired) electrons. The van der Waals surface area contributed by atoms with Gasteiger partial charge in [0.15, 0.2) is 0 Å². The number of pyridine rings is 1. The van der Waals surface area contributed by atoms with Gasteiger partial charge in [-0.1, -0.05) is 23.2 Å². The minimum atomic E-state index is 0.479. The summed E-state index contributed by atoms with van der Waals surface area (Å²) in [6.07, 6.45) is 8.00. The highest BCUT2D eigenvalue weighted by molar-refractivity contribution is 6.38. The Bertz CT molecular complexity index is 1250. The van der Waals surface area contributed by atoms with E-state index in [1.54, 1.807) is 0 Å². The molecule has 0 atom stereocenters. The zero-order valence-electron chi connectivity index (χ0n) is 17.2. The Hall–Kier alpha value is -3.15. The summed E-state index contributed by atoms with van der Waals surface area (Å²) in [4.78, 5) is 4.78. The maximum absolute atomic E-state index is 6.66. The molecule has 0 saturated heterocycles. The van der Waals surface area contributed by atoms with Crippen molar-refractivity contribution in [1.82, 2.24) is 14.1 Å². The van der Waals surface area contributed by atoms with Gasteiger partial charge in [-0.25, -0.2) is 4.98 Å². The van der Waals surface area contributed by atoms with E-state index in [2.05, 4.69) is 9.13 Å². The first kappa shape index (κ1) is 20.7. The highest BCUT2D eigenvalue weighted by atomic mass is 35.5. The largest absolute Gasteiger partial charge is 0.490 e. The molecule has 5 aromatic rings. The topological polar surface area (TPSA) is 41.2 Å². The lowest BCUT2D eigenvalue weighted by atomic mass is 10.1. The van der Waals surface area contributed by atoms with Gasteiger partial charge in [-0.2, -0.15) is 0 Å². The van der Waals surface area contributed by atoms with Crippen LogP contribution >= 0.6 is 23.2 Å². The molecule has 0 N–H and O–H groups in total. The van der Waals surface area contributed by atoms with Gasteiger partial charge < -0.3 is 18.6 Å². The molecular formula is C25H21Cl2N3O2. The molecule has 32 heavy (non-hydrogen) atoms. The monoisotopic (exact) mass is 465 g/mol. The number of rotatable bonds is 8. The minimum absolute atomic E-state index is 0.479. The Labute approximate surface area is 195 Å². The fourth-order valence-corrected chi connectivity index (χ4v) is 4.18. The van der Waals surface area contributed by atoms with Gasteiger partial charge in [0, 0.05) is 35.6 Å². The van der Waals surface area contributed by atoms with E-state index >= 15 is 0 Å². The number of fused-ring (bicyclic) bond motifs is 2. The molecule has 0 aliphatic carbocycles. The molecule has 0 amide bonds. The van der Waals surface area contributed by atoms with Crippen LogP contribution in [0.1, 0.15) is 0 Å². The van der Waals surface area contributed by atoms with Crippen molar-refractivity contribution in [2.75, 3.05) is 13.2 Å². The lowest BCUT2D eigenvalue weighted by Crippen LogP contribution is -2.07. The van der Waals surface area contributed by atoms with Crippen LogP contribution in [0.2, 0.25) is 10.0 Å². The van der Waals surface area contributed by atoms with Crippen molar-refractivity contribution in [2.24, 2.45) is 0 Å². The van der Waals surface area contributed by atoms with E-state index in [4.69, 9.17) is 37.7 Å². The minimum Gasteiger partial charge on any atom is -0.490 e. The van der Waals surface area contributed by atoms with E-state index < -0.39 is 0 Å². The van der Waals surface area contributed by atoms with Crippen LogP contribution in [0.3, 0.4) is 0 Å². The maximum Gasteiger partial charge on any atom is 0.140 e. The van der Waals surface area contributed by atoms with Gasteiger partial charge in [-0.05, 0) is 54.6 Å². The number of benzene rings is 2. The van der Waals surface area contributed by atoms with E-state index in [0.717, 1.165) is 23.9 Å². The van der Waals surface area contributed by atoms with Crippen molar-refractivity contribution in [2.45, 2.75) is 13.1 Å². The van der Waals surface area contributed by atoms with Crippen LogP contribution < -0.4 is 9.47 Å². The van der Waals surface area contributed by atoms with Crippen molar-refractivity contribution >= 4 is 45.0 Å². The third-order valence-electron chi connectivity index (χ3n) is 5.30. The fraction of sp³-hybridized carbons (Fsp3) is 0.160. The lowest BCUT2D eigenvalue weighted by Gasteiger charge is -2.13. The summed E-state index contributed by atoms with van der Waals surface area (Å²) in [5.41, 5.74) is 1.31. The van der Waals surface area contributed by atoms with Crippen LogP contribution in [-0.4, -0.2) is 27.3 Å². The summed E-state index contributed by atoms with van der Waals surface area (Å²) in [6, 6.07) is 17.7. The third-order valence-corrected chi connectivity index (χ3v) is 6.04. The average molecular weight is 466 g/mol. The standard InChI is InChI=1S/C25H21Cl2N3O2/c26-22-20(31-15-13-29-9-1-2-10-29)7-5-18-17-19-6-8-21(23(27)25(19)28-24(18)22)32-16-14-30-11-3-4-12-30/h1-12,17H,13-16H2. The summed E-state index contributed by atoms with van der Waals surface area (Å²) in [5.74, 6) is 1.21. The number of halogens is 2. The Morgan fingerprint density at radius 2 is 1.09 bits per heavy atom. The first-order chi connectivity index (χ1) is 15.7. The van der Waals surface area contributed by atoms with Gasteiger partial charge in [0.05, 0.1) is 24.1 Å². The Morgan fingerprint density at radius 1 is 0.656 bits per heavy atom. The number of hydrogen-bond donors (Lipinski definition) is 0. The molecule has 5 rings (SSSR count). The smallest absolute Gasteiger partial charge is 0.140 e. The number of ether oxygens (including phenoxy) is 2. The van der Waals surface area contributed by atoms with Crippen molar-refractivity contribution in [3.8, 4) is 11.5 Å². The molecule has 5 nitrogen and oxygen atoms in total. The first-order valence-corrected chi connectivity index (χ1v) is 11.1. The van der Waals surface area contributed by atoms with E-state index in [0.29, 0.717) is 45.8 Å². The highest BCUT2D eigenvalue weighted by Crippen LogP contribution is 2.37. The second-order valence-electron chi connectivity index (χ2n) is 7.43. The fourth-order valence-electron chi connectivity index (χ4n) is 3.64. The predicted molar refractivity (Wildman–Crippen MR) is 129 cm³/mol. The van der Waals surface area contributed by atoms with Crippen LogP contribution in [0, 0.1) is 0 Å². The van der Waals surface area contributed by atoms with Crippen molar-refractivity contribution in [1.29, 1.82) is 0 Å². The molecule has 0 saturated carbocycles. The second kappa shape index (κ2) is 9.15. The van der Waals surface area contributed by atoms with Gasteiger partial charge in [0.25, 0.3) is 0 Å². The molecule has 3 aromatic heterocycles. The second-order valence-corrected chi connectivity index (χ2v) is 8.18. The van der Waals surface area contributed by atoms with Gasteiger partial charge in [0.1, 0.15) is 34.8 Å². The molecule has 0 aliphatic heterocycles. The molecule has 0 bridgehead atoms. The molecule has 0 aliphatic rings. The Morgan fingerprint density at radius 3 is 1.53 bits per heavy atom. The summed E-state index contributed by atoms with van der Waals surface area (Å²) in [6.45, 7) is 2.49. The predicted octanol–water partition coefficient (Wildman–Crippen LogP) is 6.46. The van der Waals surface area contributed by atoms with Gasteiger partial charge >= 0.3 is 0 Å².